The van der Waals surface area contributed by atoms with Crippen LogP contribution in [0.2, 0.25) is 0 Å². The smallest absolute Gasteiger partial charge is 0.323 e. The Labute approximate surface area is 134 Å². The third-order valence-electron chi connectivity index (χ3n) is 2.89. The summed E-state index contributed by atoms with van der Waals surface area (Å²) in [5.41, 5.74) is 4.79. The van der Waals surface area contributed by atoms with Crippen LogP contribution in [0.15, 0.2) is 0 Å². The van der Waals surface area contributed by atoms with Gasteiger partial charge in [-0.05, 0) is 54.4 Å². The number of ether oxygens (including phenoxy) is 2. The first-order valence-electron chi connectivity index (χ1n) is 8.07. The minimum atomic E-state index is -0.811. The van der Waals surface area contributed by atoms with E-state index >= 15 is 0 Å². The van der Waals surface area contributed by atoms with Gasteiger partial charge in [-0.3, -0.25) is 9.59 Å². The van der Waals surface area contributed by atoms with Crippen LogP contribution in [0.3, 0.4) is 0 Å². The molecule has 0 rings (SSSR count). The fraction of sp³-hybridized carbons (Fsp3) is 0.882. The molecule has 0 unspecified atom stereocenters. The highest BCUT2D eigenvalue weighted by Gasteiger charge is 2.30. The van der Waals surface area contributed by atoms with Crippen LogP contribution < -0.4 is 5.73 Å². The summed E-state index contributed by atoms with van der Waals surface area (Å²) in [6.07, 6.45) is 2.79. The lowest BCUT2D eigenvalue weighted by Gasteiger charge is -2.26. The standard InChI is InChI=1S/C17H33NO4/c1-8-9-10-12(14(19)21-16(2,3)4)11-13(18)15(20)22-17(5,6)7/h12-13H,8-11,18H2,1-7H3/t12-,13-/m0/s1. The molecule has 0 amide bonds. The van der Waals surface area contributed by atoms with Gasteiger partial charge in [-0.2, -0.15) is 0 Å². The molecule has 0 bridgehead atoms. The van der Waals surface area contributed by atoms with E-state index in [1.807, 2.05) is 20.8 Å². The highest BCUT2D eigenvalue weighted by molar-refractivity contribution is 5.78. The van der Waals surface area contributed by atoms with Crippen molar-refractivity contribution in [3.05, 3.63) is 0 Å². The Bertz CT molecular complexity index is 366. The molecule has 0 radical (unpaired) electrons. The van der Waals surface area contributed by atoms with Crippen LogP contribution in [0.4, 0.5) is 0 Å². The van der Waals surface area contributed by atoms with Gasteiger partial charge < -0.3 is 15.2 Å². The molecule has 0 fully saturated rings. The van der Waals surface area contributed by atoms with E-state index in [4.69, 9.17) is 15.2 Å². The molecule has 0 aromatic carbocycles. The summed E-state index contributed by atoms with van der Waals surface area (Å²) in [7, 11) is 0. The second-order valence-electron chi connectivity index (χ2n) is 7.75. The van der Waals surface area contributed by atoms with E-state index in [0.717, 1.165) is 12.8 Å². The van der Waals surface area contributed by atoms with Gasteiger partial charge in [-0.1, -0.05) is 19.8 Å². The monoisotopic (exact) mass is 315 g/mol. The lowest BCUT2D eigenvalue weighted by Crippen LogP contribution is -2.40. The van der Waals surface area contributed by atoms with Crippen molar-refractivity contribution in [2.45, 2.75) is 91.4 Å². The first kappa shape index (κ1) is 20.9. The summed E-state index contributed by atoms with van der Waals surface area (Å²) in [5, 5.41) is 0. The van der Waals surface area contributed by atoms with Crippen molar-refractivity contribution in [3.63, 3.8) is 0 Å². The Hall–Kier alpha value is -1.10. The number of carbonyl (C=O) groups excluding carboxylic acids is 2. The van der Waals surface area contributed by atoms with Gasteiger partial charge in [0.15, 0.2) is 0 Å². The molecule has 0 spiro atoms. The van der Waals surface area contributed by atoms with E-state index in [0.29, 0.717) is 6.42 Å². The number of nitrogens with two attached hydrogens (primary N) is 1. The van der Waals surface area contributed by atoms with E-state index in [1.54, 1.807) is 20.8 Å². The third kappa shape index (κ3) is 9.77. The van der Waals surface area contributed by atoms with Crippen molar-refractivity contribution in [1.82, 2.24) is 0 Å². The highest BCUT2D eigenvalue weighted by Crippen LogP contribution is 2.21. The molecule has 0 saturated carbocycles. The van der Waals surface area contributed by atoms with Gasteiger partial charge >= 0.3 is 11.9 Å². The zero-order valence-corrected chi connectivity index (χ0v) is 15.2. The molecular weight excluding hydrogens is 282 g/mol. The summed E-state index contributed by atoms with van der Waals surface area (Å²) in [6, 6.07) is -0.811. The molecule has 0 aromatic rings. The Balaban J connectivity index is 4.76. The SMILES string of the molecule is CCCC[C@@H](C[C@H](N)C(=O)OC(C)(C)C)C(=O)OC(C)(C)C. The topological polar surface area (TPSA) is 78.6 Å². The van der Waals surface area contributed by atoms with Crippen molar-refractivity contribution in [2.75, 3.05) is 0 Å². The summed E-state index contributed by atoms with van der Waals surface area (Å²) in [4.78, 5) is 24.3. The van der Waals surface area contributed by atoms with E-state index in [-0.39, 0.29) is 18.3 Å². The van der Waals surface area contributed by atoms with Crippen LogP contribution in [-0.2, 0) is 19.1 Å². The third-order valence-corrected chi connectivity index (χ3v) is 2.89. The maximum atomic E-state index is 12.3. The zero-order valence-electron chi connectivity index (χ0n) is 15.2. The Morgan fingerprint density at radius 1 is 0.955 bits per heavy atom. The lowest BCUT2D eigenvalue weighted by atomic mass is 9.94. The molecule has 0 aromatic heterocycles. The van der Waals surface area contributed by atoms with Crippen molar-refractivity contribution in [3.8, 4) is 0 Å². The zero-order chi connectivity index (χ0) is 17.6. The predicted octanol–water partition coefficient (Wildman–Crippen LogP) is 3.19. The number of esters is 2. The Kier molecular flexibility index (Phi) is 8.09. The molecule has 0 saturated heterocycles. The molecule has 0 aliphatic rings. The Morgan fingerprint density at radius 3 is 1.82 bits per heavy atom. The summed E-state index contributed by atoms with van der Waals surface area (Å²) >= 11 is 0. The van der Waals surface area contributed by atoms with E-state index in [9.17, 15) is 9.59 Å². The molecular formula is C17H33NO4. The number of carbonyl (C=O) groups is 2. The molecule has 0 aliphatic heterocycles. The van der Waals surface area contributed by atoms with Gasteiger partial charge in [0.25, 0.3) is 0 Å². The minimum absolute atomic E-state index is 0.254. The van der Waals surface area contributed by atoms with Gasteiger partial charge in [0.2, 0.25) is 0 Å². The lowest BCUT2D eigenvalue weighted by molar-refractivity contribution is -0.162. The molecule has 5 nitrogen and oxygen atoms in total. The highest BCUT2D eigenvalue weighted by atomic mass is 16.6. The van der Waals surface area contributed by atoms with E-state index in [2.05, 4.69) is 6.92 Å². The molecule has 5 heteroatoms. The van der Waals surface area contributed by atoms with Gasteiger partial charge in [0.05, 0.1) is 5.92 Å². The number of unbranched alkanes of at least 4 members (excludes halogenated alkanes) is 1. The van der Waals surface area contributed by atoms with Crippen LogP contribution in [0, 0.1) is 5.92 Å². The number of hydrogen-bond donors (Lipinski definition) is 1. The number of rotatable bonds is 7. The van der Waals surface area contributed by atoms with Crippen LogP contribution >= 0.6 is 0 Å². The summed E-state index contributed by atoms with van der Waals surface area (Å²) in [6.45, 7) is 12.9. The van der Waals surface area contributed by atoms with E-state index < -0.39 is 23.2 Å². The molecule has 130 valence electrons. The number of hydrogen-bond acceptors (Lipinski definition) is 5. The average molecular weight is 315 g/mol. The maximum Gasteiger partial charge on any atom is 0.323 e. The van der Waals surface area contributed by atoms with Crippen molar-refractivity contribution < 1.29 is 19.1 Å². The van der Waals surface area contributed by atoms with Gasteiger partial charge in [0, 0.05) is 0 Å². The van der Waals surface area contributed by atoms with Crippen LogP contribution in [0.5, 0.6) is 0 Å². The molecule has 0 heterocycles. The van der Waals surface area contributed by atoms with Gasteiger partial charge in [-0.15, -0.1) is 0 Å². The molecule has 0 aliphatic carbocycles. The second-order valence-corrected chi connectivity index (χ2v) is 7.75. The van der Waals surface area contributed by atoms with Gasteiger partial charge in [-0.25, -0.2) is 0 Å². The fourth-order valence-corrected chi connectivity index (χ4v) is 1.95. The van der Waals surface area contributed by atoms with Crippen LogP contribution in [0.1, 0.15) is 74.1 Å². The largest absolute Gasteiger partial charge is 0.460 e. The maximum absolute atomic E-state index is 12.3. The Morgan fingerprint density at radius 2 is 1.41 bits per heavy atom. The van der Waals surface area contributed by atoms with Gasteiger partial charge in [0.1, 0.15) is 17.2 Å². The normalized spacial score (nSPS) is 15.1. The van der Waals surface area contributed by atoms with E-state index in [1.165, 1.54) is 0 Å². The fourth-order valence-electron chi connectivity index (χ4n) is 1.95. The minimum Gasteiger partial charge on any atom is -0.460 e. The summed E-state index contributed by atoms with van der Waals surface area (Å²) in [5.74, 6) is -1.14. The van der Waals surface area contributed by atoms with Crippen molar-refractivity contribution in [2.24, 2.45) is 11.7 Å². The molecule has 2 N–H and O–H groups in total. The van der Waals surface area contributed by atoms with Crippen molar-refractivity contribution >= 4 is 11.9 Å². The van der Waals surface area contributed by atoms with Crippen LogP contribution in [0.25, 0.3) is 0 Å². The first-order chi connectivity index (χ1) is 9.85. The quantitative estimate of drug-likeness (QED) is 0.730. The average Bonchev–Trinajstić information content (AvgIpc) is 2.29. The van der Waals surface area contributed by atoms with Crippen molar-refractivity contribution in [1.29, 1.82) is 0 Å². The summed E-state index contributed by atoms with van der Waals surface area (Å²) < 4.78 is 10.7. The molecule has 22 heavy (non-hydrogen) atoms. The predicted molar refractivity (Wildman–Crippen MR) is 87.3 cm³/mol. The first-order valence-corrected chi connectivity index (χ1v) is 8.07. The second kappa shape index (κ2) is 8.51. The molecule has 2 atom stereocenters. The van der Waals surface area contributed by atoms with Crippen LogP contribution in [-0.4, -0.2) is 29.2 Å².